The van der Waals surface area contributed by atoms with Gasteiger partial charge in [0.1, 0.15) is 12.4 Å². The van der Waals surface area contributed by atoms with Gasteiger partial charge in [0, 0.05) is 10.1 Å². The third-order valence-corrected chi connectivity index (χ3v) is 3.11. The molecule has 0 atom stereocenters. The number of hydrogen-bond donors (Lipinski definition) is 2. The molecular weight excluding hydrogens is 339 g/mol. The maximum absolute atomic E-state index is 5.91. The second-order valence-electron chi connectivity index (χ2n) is 3.82. The molecule has 4 heteroatoms. The summed E-state index contributed by atoms with van der Waals surface area (Å²) in [5, 5.41) is 3.26. The van der Waals surface area contributed by atoms with Crippen LogP contribution in [-0.4, -0.2) is 13.2 Å². The van der Waals surface area contributed by atoms with E-state index < -0.39 is 0 Å². The molecule has 94 valence electrons. The molecule has 0 saturated carbocycles. The van der Waals surface area contributed by atoms with Gasteiger partial charge in [-0.25, -0.2) is 0 Å². The zero-order valence-corrected chi connectivity index (χ0v) is 12.1. The van der Waals surface area contributed by atoms with E-state index in [-0.39, 0.29) is 0 Å². The molecule has 0 aliphatic rings. The lowest BCUT2D eigenvalue weighted by Gasteiger charge is -2.10. The monoisotopic (exact) mass is 354 g/mol. The van der Waals surface area contributed by atoms with Crippen molar-refractivity contribution in [1.29, 1.82) is 0 Å². The molecule has 0 bridgehead atoms. The van der Waals surface area contributed by atoms with E-state index >= 15 is 0 Å². The molecule has 0 saturated heterocycles. The van der Waals surface area contributed by atoms with E-state index in [9.17, 15) is 0 Å². The Bertz CT molecular complexity index is 502. The van der Waals surface area contributed by atoms with Crippen LogP contribution >= 0.6 is 22.6 Å². The van der Waals surface area contributed by atoms with Gasteiger partial charge in [0.25, 0.3) is 0 Å². The molecule has 0 unspecified atom stereocenters. The van der Waals surface area contributed by atoms with Crippen LogP contribution in [0.4, 0.5) is 11.4 Å². The Morgan fingerprint density at radius 1 is 1.11 bits per heavy atom. The summed E-state index contributed by atoms with van der Waals surface area (Å²) in [5.41, 5.74) is 7.62. The number of nitrogens with one attached hydrogen (secondary N) is 1. The largest absolute Gasteiger partial charge is 0.492 e. The van der Waals surface area contributed by atoms with Gasteiger partial charge < -0.3 is 15.8 Å². The van der Waals surface area contributed by atoms with Gasteiger partial charge in [-0.15, -0.1) is 0 Å². The van der Waals surface area contributed by atoms with Crippen molar-refractivity contribution < 1.29 is 4.74 Å². The summed E-state index contributed by atoms with van der Waals surface area (Å²) >= 11 is 2.24. The zero-order chi connectivity index (χ0) is 12.8. The summed E-state index contributed by atoms with van der Waals surface area (Å²) in [4.78, 5) is 0. The third-order valence-electron chi connectivity index (χ3n) is 2.44. The molecule has 0 fully saturated rings. The molecule has 0 amide bonds. The lowest BCUT2D eigenvalue weighted by atomic mass is 10.3. The van der Waals surface area contributed by atoms with Crippen LogP contribution in [0.15, 0.2) is 48.5 Å². The minimum absolute atomic E-state index is 0.607. The van der Waals surface area contributed by atoms with Crippen molar-refractivity contribution in [3.05, 3.63) is 52.1 Å². The Morgan fingerprint density at radius 2 is 1.89 bits per heavy atom. The second kappa shape index (κ2) is 6.49. The fourth-order valence-corrected chi connectivity index (χ4v) is 2.08. The van der Waals surface area contributed by atoms with Crippen LogP contribution in [0.2, 0.25) is 0 Å². The van der Waals surface area contributed by atoms with Crippen LogP contribution < -0.4 is 15.8 Å². The smallest absolute Gasteiger partial charge is 0.119 e. The quantitative estimate of drug-likeness (QED) is 0.492. The number of nitrogens with two attached hydrogens (primary N) is 1. The van der Waals surface area contributed by atoms with Crippen LogP contribution in [0.1, 0.15) is 0 Å². The van der Waals surface area contributed by atoms with Gasteiger partial charge in [0.05, 0.1) is 11.4 Å². The highest BCUT2D eigenvalue weighted by atomic mass is 127. The van der Waals surface area contributed by atoms with Crippen LogP contribution in [0.3, 0.4) is 0 Å². The molecule has 3 N–H and O–H groups in total. The first-order valence-corrected chi connectivity index (χ1v) is 6.80. The molecule has 0 aliphatic heterocycles. The van der Waals surface area contributed by atoms with Gasteiger partial charge in [0.15, 0.2) is 0 Å². The van der Waals surface area contributed by atoms with Crippen LogP contribution in [-0.2, 0) is 0 Å². The number of nitrogen functional groups attached to an aromatic ring is 1. The van der Waals surface area contributed by atoms with Crippen molar-refractivity contribution in [2.24, 2.45) is 0 Å². The lowest BCUT2D eigenvalue weighted by Crippen LogP contribution is -2.12. The average molecular weight is 354 g/mol. The molecule has 0 radical (unpaired) electrons. The standard InChI is InChI=1S/C14H15IN2O/c15-11-6-7-14(13(16)10-11)17-8-9-18-12-4-2-1-3-5-12/h1-7,10,17H,8-9,16H2. The number of ether oxygens (including phenoxy) is 1. The van der Waals surface area contributed by atoms with E-state index in [0.717, 1.165) is 27.2 Å². The van der Waals surface area contributed by atoms with E-state index in [1.54, 1.807) is 0 Å². The van der Waals surface area contributed by atoms with E-state index in [0.29, 0.717) is 6.61 Å². The third kappa shape index (κ3) is 3.80. The fourth-order valence-electron chi connectivity index (χ4n) is 1.57. The summed E-state index contributed by atoms with van der Waals surface area (Å²) < 4.78 is 6.72. The number of rotatable bonds is 5. The Kier molecular flexibility index (Phi) is 4.69. The molecule has 2 rings (SSSR count). The summed E-state index contributed by atoms with van der Waals surface area (Å²) in [7, 11) is 0. The van der Waals surface area contributed by atoms with Crippen molar-refractivity contribution in [2.45, 2.75) is 0 Å². The van der Waals surface area contributed by atoms with Crippen LogP contribution in [0.25, 0.3) is 0 Å². The Hall–Kier alpha value is -1.43. The van der Waals surface area contributed by atoms with Gasteiger partial charge in [-0.2, -0.15) is 0 Å². The van der Waals surface area contributed by atoms with Crippen LogP contribution in [0, 0.1) is 3.57 Å². The maximum Gasteiger partial charge on any atom is 0.119 e. The molecular formula is C14H15IN2O. The van der Waals surface area contributed by atoms with E-state index in [1.165, 1.54) is 0 Å². The number of halogens is 1. The van der Waals surface area contributed by atoms with Gasteiger partial charge in [-0.1, -0.05) is 18.2 Å². The van der Waals surface area contributed by atoms with Crippen molar-refractivity contribution in [2.75, 3.05) is 24.2 Å². The van der Waals surface area contributed by atoms with Gasteiger partial charge >= 0.3 is 0 Å². The number of para-hydroxylation sites is 1. The maximum atomic E-state index is 5.91. The summed E-state index contributed by atoms with van der Waals surface area (Å²) in [6.07, 6.45) is 0. The van der Waals surface area contributed by atoms with Gasteiger partial charge in [-0.3, -0.25) is 0 Å². The predicted octanol–water partition coefficient (Wildman–Crippen LogP) is 3.36. The first kappa shape index (κ1) is 13.0. The highest BCUT2D eigenvalue weighted by Gasteiger charge is 1.99. The summed E-state index contributed by atoms with van der Waals surface area (Å²) in [5.74, 6) is 0.884. The normalized spacial score (nSPS) is 10.1. The minimum atomic E-state index is 0.607. The molecule has 3 nitrogen and oxygen atoms in total. The molecule has 0 spiro atoms. The molecule has 0 aliphatic carbocycles. The Balaban J connectivity index is 1.79. The van der Waals surface area contributed by atoms with Crippen molar-refractivity contribution in [1.82, 2.24) is 0 Å². The number of hydrogen-bond acceptors (Lipinski definition) is 3. The number of benzene rings is 2. The van der Waals surface area contributed by atoms with Crippen molar-refractivity contribution >= 4 is 34.0 Å². The highest BCUT2D eigenvalue weighted by molar-refractivity contribution is 14.1. The van der Waals surface area contributed by atoms with E-state index in [2.05, 4.69) is 27.9 Å². The van der Waals surface area contributed by atoms with Crippen LogP contribution in [0.5, 0.6) is 5.75 Å². The molecule has 0 aromatic heterocycles. The summed E-state index contributed by atoms with van der Waals surface area (Å²) in [6.45, 7) is 1.33. The summed E-state index contributed by atoms with van der Waals surface area (Å²) in [6, 6.07) is 15.7. The SMILES string of the molecule is Nc1cc(I)ccc1NCCOc1ccccc1. The lowest BCUT2D eigenvalue weighted by molar-refractivity contribution is 0.333. The Labute approximate surface area is 120 Å². The number of anilines is 2. The Morgan fingerprint density at radius 3 is 2.61 bits per heavy atom. The van der Waals surface area contributed by atoms with Gasteiger partial charge in [-0.05, 0) is 52.9 Å². The predicted molar refractivity (Wildman–Crippen MR) is 84.0 cm³/mol. The molecule has 2 aromatic rings. The minimum Gasteiger partial charge on any atom is -0.492 e. The first-order valence-electron chi connectivity index (χ1n) is 5.72. The van der Waals surface area contributed by atoms with Crippen molar-refractivity contribution in [3.8, 4) is 5.75 Å². The van der Waals surface area contributed by atoms with E-state index in [4.69, 9.17) is 10.5 Å². The molecule has 18 heavy (non-hydrogen) atoms. The zero-order valence-electron chi connectivity index (χ0n) is 9.90. The van der Waals surface area contributed by atoms with Gasteiger partial charge in [0.2, 0.25) is 0 Å². The highest BCUT2D eigenvalue weighted by Crippen LogP contribution is 2.20. The average Bonchev–Trinajstić information content (AvgIpc) is 2.38. The molecule has 0 heterocycles. The van der Waals surface area contributed by atoms with E-state index in [1.807, 2.05) is 48.5 Å². The van der Waals surface area contributed by atoms with Crippen molar-refractivity contribution in [3.63, 3.8) is 0 Å². The first-order chi connectivity index (χ1) is 8.75. The molecule has 2 aromatic carbocycles. The fraction of sp³-hybridized carbons (Fsp3) is 0.143. The second-order valence-corrected chi connectivity index (χ2v) is 5.07. The topological polar surface area (TPSA) is 47.3 Å².